The number of hydrogen-bond acceptors (Lipinski definition) is 2. The van der Waals surface area contributed by atoms with Gasteiger partial charge in [0.25, 0.3) is 0 Å². The highest BCUT2D eigenvalue weighted by Gasteiger charge is 2.16. The van der Waals surface area contributed by atoms with Gasteiger partial charge in [-0.15, -0.1) is 0 Å². The Morgan fingerprint density at radius 3 is 3.00 bits per heavy atom. The molecule has 0 spiro atoms. The topological polar surface area (TPSA) is 32.3 Å². The summed E-state index contributed by atoms with van der Waals surface area (Å²) >= 11 is 5.90. The van der Waals surface area contributed by atoms with Gasteiger partial charge in [-0.05, 0) is 56.0 Å². The SMILES string of the molecule is Cc1cc(O)c(Cl)cc1CC1CCCN1. The highest BCUT2D eigenvalue weighted by molar-refractivity contribution is 6.32. The predicted octanol–water partition coefficient (Wildman–Crippen LogP) is 2.65. The van der Waals surface area contributed by atoms with Gasteiger partial charge < -0.3 is 10.4 Å². The van der Waals surface area contributed by atoms with E-state index in [1.54, 1.807) is 6.07 Å². The van der Waals surface area contributed by atoms with Gasteiger partial charge in [0.15, 0.2) is 0 Å². The Hall–Kier alpha value is -0.730. The Balaban J connectivity index is 2.16. The standard InChI is InChI=1S/C12H16ClNO/c1-8-5-12(15)11(13)7-9(8)6-10-3-2-4-14-10/h5,7,10,14-15H,2-4,6H2,1H3. The van der Waals surface area contributed by atoms with Crippen LogP contribution < -0.4 is 5.32 Å². The molecule has 1 saturated heterocycles. The lowest BCUT2D eigenvalue weighted by Gasteiger charge is -2.13. The molecular weight excluding hydrogens is 210 g/mol. The Labute approximate surface area is 95.3 Å². The first-order chi connectivity index (χ1) is 7.16. The van der Waals surface area contributed by atoms with E-state index < -0.39 is 0 Å². The Morgan fingerprint density at radius 2 is 2.33 bits per heavy atom. The summed E-state index contributed by atoms with van der Waals surface area (Å²) < 4.78 is 0. The molecular formula is C12H16ClNO. The monoisotopic (exact) mass is 225 g/mol. The summed E-state index contributed by atoms with van der Waals surface area (Å²) in [5, 5.41) is 13.4. The first-order valence-corrected chi connectivity index (χ1v) is 5.76. The highest BCUT2D eigenvalue weighted by Crippen LogP contribution is 2.28. The fourth-order valence-corrected chi connectivity index (χ4v) is 2.31. The van der Waals surface area contributed by atoms with Crippen molar-refractivity contribution in [2.45, 2.75) is 32.2 Å². The van der Waals surface area contributed by atoms with E-state index in [9.17, 15) is 5.11 Å². The summed E-state index contributed by atoms with van der Waals surface area (Å²) in [7, 11) is 0. The predicted molar refractivity (Wildman–Crippen MR) is 62.6 cm³/mol. The van der Waals surface area contributed by atoms with E-state index in [-0.39, 0.29) is 5.75 Å². The molecule has 0 saturated carbocycles. The van der Waals surface area contributed by atoms with Crippen molar-refractivity contribution in [1.82, 2.24) is 5.32 Å². The van der Waals surface area contributed by atoms with Crippen LogP contribution in [0.15, 0.2) is 12.1 Å². The van der Waals surface area contributed by atoms with Crippen molar-refractivity contribution in [3.8, 4) is 5.75 Å². The molecule has 2 rings (SSSR count). The maximum atomic E-state index is 9.44. The smallest absolute Gasteiger partial charge is 0.134 e. The summed E-state index contributed by atoms with van der Waals surface area (Å²) in [5.74, 6) is 0.178. The number of aromatic hydroxyl groups is 1. The molecule has 1 aromatic carbocycles. The zero-order chi connectivity index (χ0) is 10.8. The number of phenolic OH excluding ortho intramolecular Hbond substituents is 1. The second-order valence-electron chi connectivity index (χ2n) is 4.23. The first kappa shape index (κ1) is 10.8. The van der Waals surface area contributed by atoms with Gasteiger partial charge in [0.1, 0.15) is 5.75 Å². The number of benzene rings is 1. The van der Waals surface area contributed by atoms with Crippen LogP contribution in [0.5, 0.6) is 5.75 Å². The normalized spacial score (nSPS) is 20.8. The molecule has 1 aromatic rings. The van der Waals surface area contributed by atoms with Crippen LogP contribution in [0.25, 0.3) is 0 Å². The van der Waals surface area contributed by atoms with E-state index in [0.29, 0.717) is 11.1 Å². The maximum Gasteiger partial charge on any atom is 0.134 e. The number of rotatable bonds is 2. The molecule has 3 heteroatoms. The minimum Gasteiger partial charge on any atom is -0.506 e. The Kier molecular flexibility index (Phi) is 3.17. The third kappa shape index (κ3) is 2.44. The largest absolute Gasteiger partial charge is 0.506 e. The second-order valence-corrected chi connectivity index (χ2v) is 4.63. The zero-order valence-corrected chi connectivity index (χ0v) is 9.64. The molecule has 0 bridgehead atoms. The van der Waals surface area contributed by atoms with Crippen LogP contribution in [0.3, 0.4) is 0 Å². The highest BCUT2D eigenvalue weighted by atomic mass is 35.5. The van der Waals surface area contributed by atoms with Gasteiger partial charge in [-0.2, -0.15) is 0 Å². The van der Waals surface area contributed by atoms with Crippen molar-refractivity contribution in [2.75, 3.05) is 6.54 Å². The van der Waals surface area contributed by atoms with Gasteiger partial charge in [0.2, 0.25) is 0 Å². The average molecular weight is 226 g/mol. The number of halogens is 1. The van der Waals surface area contributed by atoms with Crippen LogP contribution in [0, 0.1) is 6.92 Å². The van der Waals surface area contributed by atoms with Gasteiger partial charge >= 0.3 is 0 Å². The third-order valence-electron chi connectivity index (χ3n) is 3.03. The van der Waals surface area contributed by atoms with Crippen LogP contribution in [-0.4, -0.2) is 17.7 Å². The summed E-state index contributed by atoms with van der Waals surface area (Å²) in [6, 6.07) is 4.20. The molecule has 82 valence electrons. The number of nitrogens with one attached hydrogen (secondary N) is 1. The molecule has 0 amide bonds. The number of phenols is 1. The van der Waals surface area contributed by atoms with Gasteiger partial charge in [0, 0.05) is 6.04 Å². The lowest BCUT2D eigenvalue weighted by Crippen LogP contribution is -2.23. The van der Waals surface area contributed by atoms with Crippen LogP contribution in [0.1, 0.15) is 24.0 Å². The fourth-order valence-electron chi connectivity index (χ4n) is 2.12. The van der Waals surface area contributed by atoms with Crippen LogP contribution in [0.2, 0.25) is 5.02 Å². The third-order valence-corrected chi connectivity index (χ3v) is 3.34. The van der Waals surface area contributed by atoms with Crippen molar-refractivity contribution in [2.24, 2.45) is 0 Å². The van der Waals surface area contributed by atoms with E-state index in [1.807, 2.05) is 13.0 Å². The van der Waals surface area contributed by atoms with Crippen molar-refractivity contribution >= 4 is 11.6 Å². The summed E-state index contributed by atoms with van der Waals surface area (Å²) in [6.45, 7) is 3.13. The van der Waals surface area contributed by atoms with E-state index in [2.05, 4.69) is 5.32 Å². The lowest BCUT2D eigenvalue weighted by molar-refractivity contribution is 0.474. The van der Waals surface area contributed by atoms with Crippen LogP contribution in [0.4, 0.5) is 0 Å². The molecule has 2 N–H and O–H groups in total. The van der Waals surface area contributed by atoms with E-state index in [1.165, 1.54) is 18.4 Å². The first-order valence-electron chi connectivity index (χ1n) is 5.38. The van der Waals surface area contributed by atoms with Crippen molar-refractivity contribution in [3.05, 3.63) is 28.3 Å². The zero-order valence-electron chi connectivity index (χ0n) is 8.89. The van der Waals surface area contributed by atoms with Crippen molar-refractivity contribution < 1.29 is 5.11 Å². The molecule has 1 unspecified atom stereocenters. The van der Waals surface area contributed by atoms with Crippen molar-refractivity contribution in [1.29, 1.82) is 0 Å². The Morgan fingerprint density at radius 1 is 1.53 bits per heavy atom. The van der Waals surface area contributed by atoms with Gasteiger partial charge in [-0.25, -0.2) is 0 Å². The average Bonchev–Trinajstić information content (AvgIpc) is 2.67. The number of aryl methyl sites for hydroxylation is 1. The summed E-state index contributed by atoms with van der Waals surface area (Å²) in [5.41, 5.74) is 2.35. The summed E-state index contributed by atoms with van der Waals surface area (Å²) in [6.07, 6.45) is 3.50. The fraction of sp³-hybridized carbons (Fsp3) is 0.500. The molecule has 1 heterocycles. The molecule has 1 atom stereocenters. The molecule has 2 nitrogen and oxygen atoms in total. The maximum absolute atomic E-state index is 9.44. The van der Waals surface area contributed by atoms with Gasteiger partial charge in [-0.3, -0.25) is 0 Å². The molecule has 15 heavy (non-hydrogen) atoms. The van der Waals surface area contributed by atoms with E-state index in [4.69, 9.17) is 11.6 Å². The molecule has 1 aliphatic rings. The molecule has 0 radical (unpaired) electrons. The molecule has 1 fully saturated rings. The molecule has 0 aliphatic carbocycles. The second kappa shape index (κ2) is 4.42. The van der Waals surface area contributed by atoms with Crippen LogP contribution >= 0.6 is 11.6 Å². The lowest BCUT2D eigenvalue weighted by atomic mass is 10.00. The number of hydrogen-bond donors (Lipinski definition) is 2. The van der Waals surface area contributed by atoms with E-state index >= 15 is 0 Å². The summed E-state index contributed by atoms with van der Waals surface area (Å²) in [4.78, 5) is 0. The van der Waals surface area contributed by atoms with Gasteiger partial charge in [-0.1, -0.05) is 11.6 Å². The molecule has 0 aromatic heterocycles. The van der Waals surface area contributed by atoms with Crippen molar-refractivity contribution in [3.63, 3.8) is 0 Å². The Bertz CT molecular complexity index is 359. The van der Waals surface area contributed by atoms with Crippen LogP contribution in [-0.2, 0) is 6.42 Å². The molecule has 1 aliphatic heterocycles. The van der Waals surface area contributed by atoms with E-state index in [0.717, 1.165) is 18.5 Å². The minimum atomic E-state index is 0.178. The van der Waals surface area contributed by atoms with Gasteiger partial charge in [0.05, 0.1) is 5.02 Å². The quantitative estimate of drug-likeness (QED) is 0.811. The minimum absolute atomic E-state index is 0.178.